The van der Waals surface area contributed by atoms with E-state index in [-0.39, 0.29) is 46.1 Å². The molecule has 4 heterocycles. The van der Waals surface area contributed by atoms with Crippen LogP contribution in [0.4, 0.5) is 17.8 Å². The van der Waals surface area contributed by atoms with E-state index in [0.717, 1.165) is 81.7 Å². The van der Waals surface area contributed by atoms with Crippen LogP contribution in [0.5, 0.6) is 0 Å². The molecule has 2 amide bonds. The lowest BCUT2D eigenvalue weighted by Gasteiger charge is -2.57. The Balaban J connectivity index is 1.33. The number of hydrogen-bond acceptors (Lipinski definition) is 12. The predicted octanol–water partition coefficient (Wildman–Crippen LogP) is 8.27. The number of amides is 2. The monoisotopic (exact) mass is 959 g/mol. The zero-order chi connectivity index (χ0) is 50.5. The second-order valence-corrected chi connectivity index (χ2v) is 25.8. The van der Waals surface area contributed by atoms with Gasteiger partial charge in [-0.1, -0.05) is 64.4 Å². The number of carbonyl (C=O) groups is 2. The van der Waals surface area contributed by atoms with Crippen LogP contribution < -0.4 is 14.7 Å². The normalized spacial score (nSPS) is 26.1. The molecule has 3 saturated carbocycles. The van der Waals surface area contributed by atoms with Crippen LogP contribution in [0.3, 0.4) is 0 Å². The van der Waals surface area contributed by atoms with Crippen molar-refractivity contribution in [1.29, 1.82) is 0 Å². The third-order valence-electron chi connectivity index (χ3n) is 18.9. The van der Waals surface area contributed by atoms with Crippen molar-refractivity contribution < 1.29 is 9.59 Å². The molecule has 0 N–H and O–H groups in total. The van der Waals surface area contributed by atoms with Gasteiger partial charge in [0.15, 0.2) is 0 Å². The van der Waals surface area contributed by atoms with Crippen LogP contribution in [-0.2, 0) is 9.59 Å². The van der Waals surface area contributed by atoms with E-state index in [0.29, 0.717) is 45.3 Å². The number of hydrogen-bond donors (Lipinski definition) is 0. The summed E-state index contributed by atoms with van der Waals surface area (Å²) in [5.41, 5.74) is -0.613. The molecule has 6 aliphatic rings. The molecule has 3 aliphatic heterocycles. The first-order chi connectivity index (χ1) is 32.2. The minimum atomic E-state index is -0.610. The molecule has 3 saturated heterocycles. The molecular formula is C55H98N12O2. The topological polar surface area (TPSA) is 102 Å². The maximum Gasteiger partial charge on any atom is 0.242 e. The smallest absolute Gasteiger partial charge is 0.242 e. The molecule has 7 rings (SSSR count). The highest BCUT2D eigenvalue weighted by atomic mass is 16.2. The lowest BCUT2D eigenvalue weighted by atomic mass is 9.86. The van der Waals surface area contributed by atoms with Crippen LogP contribution in [0.25, 0.3) is 0 Å². The summed E-state index contributed by atoms with van der Waals surface area (Å²) in [4.78, 5) is 67.0. The second kappa shape index (κ2) is 20.3. The van der Waals surface area contributed by atoms with Crippen molar-refractivity contribution in [1.82, 2.24) is 44.4 Å². The molecule has 1 aromatic rings. The number of piperazine rings is 3. The fourth-order valence-corrected chi connectivity index (χ4v) is 13.4. The zero-order valence-electron chi connectivity index (χ0n) is 46.6. The summed E-state index contributed by atoms with van der Waals surface area (Å²) in [5.74, 6) is 2.62. The summed E-state index contributed by atoms with van der Waals surface area (Å²) in [5, 5.41) is 0. The maximum atomic E-state index is 14.3. The molecule has 6 fully saturated rings. The van der Waals surface area contributed by atoms with Gasteiger partial charge < -0.3 is 29.4 Å². The average molecular weight is 959 g/mol. The van der Waals surface area contributed by atoms with Crippen molar-refractivity contribution in [3.8, 4) is 0 Å². The number of nitrogens with zero attached hydrogens (tertiary/aromatic N) is 12. The predicted molar refractivity (Wildman–Crippen MR) is 284 cm³/mol. The van der Waals surface area contributed by atoms with E-state index in [4.69, 9.17) is 21.5 Å². The minimum absolute atomic E-state index is 0.0278. The van der Waals surface area contributed by atoms with Gasteiger partial charge in [0.1, 0.15) is 0 Å². The van der Waals surface area contributed by atoms with E-state index < -0.39 is 11.1 Å². The Morgan fingerprint density at radius 2 is 0.696 bits per heavy atom. The number of anilines is 3. The van der Waals surface area contributed by atoms with Gasteiger partial charge in [0.05, 0.1) is 16.6 Å². The van der Waals surface area contributed by atoms with Crippen molar-refractivity contribution in [3.05, 3.63) is 12.3 Å². The maximum absolute atomic E-state index is 14.3. The van der Waals surface area contributed by atoms with E-state index in [9.17, 15) is 9.59 Å². The molecule has 69 heavy (non-hydrogen) atoms. The minimum Gasteiger partial charge on any atom is -0.370 e. The van der Waals surface area contributed by atoms with Crippen LogP contribution in [-0.4, -0.2) is 188 Å². The fourth-order valence-electron chi connectivity index (χ4n) is 13.4. The standard InChI is InChI=1S/C55H98N12O2/c1-41-53(8,9)59(14)50(2,3)38-62(41)32-35-65(42-26-20-17-21-27-42)47-56-48(66(43-28-22-18-23-29-43)36-33-63-39-51(4,5)60(15)54(10,11)45(63)68)58-49(57-47)67(44-30-24-19-25-31-44)37-34-64-40-52(6,7)61(16)55(12,13)46(64)69/h42-44H,1,17-40H2,2-16H3. The van der Waals surface area contributed by atoms with Crippen molar-refractivity contribution in [2.45, 2.75) is 231 Å². The lowest BCUT2D eigenvalue weighted by Crippen LogP contribution is -2.70. The zero-order valence-corrected chi connectivity index (χ0v) is 46.6. The summed E-state index contributed by atoms with van der Waals surface area (Å²) >= 11 is 0. The number of rotatable bonds is 15. The largest absolute Gasteiger partial charge is 0.370 e. The Hall–Kier alpha value is -3.23. The molecule has 0 radical (unpaired) electrons. The van der Waals surface area contributed by atoms with Gasteiger partial charge in [0.25, 0.3) is 0 Å². The van der Waals surface area contributed by atoms with Crippen LogP contribution in [0.2, 0.25) is 0 Å². The van der Waals surface area contributed by atoms with Crippen LogP contribution >= 0.6 is 0 Å². The van der Waals surface area contributed by atoms with Crippen molar-refractivity contribution in [2.24, 2.45) is 0 Å². The van der Waals surface area contributed by atoms with Gasteiger partial charge in [0.2, 0.25) is 29.7 Å². The summed E-state index contributed by atoms with van der Waals surface area (Å²) in [6, 6.07) is 0.846. The van der Waals surface area contributed by atoms with Gasteiger partial charge in [-0.2, -0.15) is 15.0 Å². The van der Waals surface area contributed by atoms with E-state index >= 15 is 0 Å². The van der Waals surface area contributed by atoms with Crippen LogP contribution in [0.1, 0.15) is 179 Å². The quantitative estimate of drug-likeness (QED) is 0.169. The summed E-state index contributed by atoms with van der Waals surface area (Å²) in [6.45, 7) is 37.8. The molecule has 0 bridgehead atoms. The van der Waals surface area contributed by atoms with E-state index in [1.54, 1.807) is 0 Å². The van der Waals surface area contributed by atoms with Crippen molar-refractivity contribution >= 4 is 29.7 Å². The Morgan fingerprint density at radius 1 is 0.435 bits per heavy atom. The van der Waals surface area contributed by atoms with E-state index in [2.05, 4.69) is 148 Å². The van der Waals surface area contributed by atoms with Gasteiger partial charge in [0, 0.05) is 99.3 Å². The average Bonchev–Trinajstić information content (AvgIpc) is 3.31. The van der Waals surface area contributed by atoms with Gasteiger partial charge in [-0.15, -0.1) is 0 Å². The summed E-state index contributed by atoms with van der Waals surface area (Å²) in [6.07, 6.45) is 17.4. The summed E-state index contributed by atoms with van der Waals surface area (Å²) < 4.78 is 0. The van der Waals surface area contributed by atoms with Gasteiger partial charge in [-0.05, 0) is 143 Å². The number of likely N-dealkylation sites (N-methyl/N-ethyl adjacent to an activating group) is 3. The van der Waals surface area contributed by atoms with E-state index in [1.807, 2.05) is 0 Å². The molecule has 0 aromatic carbocycles. The molecule has 1 aromatic heterocycles. The Kier molecular flexibility index (Phi) is 15.8. The van der Waals surface area contributed by atoms with Crippen LogP contribution in [0, 0.1) is 0 Å². The highest BCUT2D eigenvalue weighted by Crippen LogP contribution is 2.39. The van der Waals surface area contributed by atoms with Crippen molar-refractivity contribution in [3.63, 3.8) is 0 Å². The molecule has 0 unspecified atom stereocenters. The number of aromatic nitrogens is 3. The first-order valence-electron chi connectivity index (χ1n) is 27.5. The molecule has 14 nitrogen and oxygen atoms in total. The van der Waals surface area contributed by atoms with Gasteiger partial charge in [-0.3, -0.25) is 24.3 Å². The summed E-state index contributed by atoms with van der Waals surface area (Å²) in [7, 11) is 6.43. The first kappa shape index (κ1) is 53.6. The third kappa shape index (κ3) is 10.9. The number of carbonyl (C=O) groups excluding carboxylic acids is 2. The molecule has 0 spiro atoms. The lowest BCUT2D eigenvalue weighted by molar-refractivity contribution is -0.157. The third-order valence-corrected chi connectivity index (χ3v) is 18.9. The molecule has 14 heteroatoms. The van der Waals surface area contributed by atoms with Crippen molar-refractivity contribution in [2.75, 3.05) is 94.7 Å². The second-order valence-electron chi connectivity index (χ2n) is 25.8. The van der Waals surface area contributed by atoms with Crippen LogP contribution in [0.15, 0.2) is 12.3 Å². The van der Waals surface area contributed by atoms with Gasteiger partial charge in [-0.25, -0.2) is 0 Å². The van der Waals surface area contributed by atoms with E-state index in [1.165, 1.54) is 57.8 Å². The molecular weight excluding hydrogens is 861 g/mol. The SMILES string of the molecule is C=C1N(CCN(c2nc(N(CCN3CC(C)(C)N(C)C(C)(C)C3=O)C3CCCCC3)nc(N(CCN3CC(C)(C)N(C)C(C)(C)C3=O)C3CCCCC3)n2)C2CCCCC2)CC(C)(C)N(C)C1(C)C. The molecule has 3 aliphatic carbocycles. The first-order valence-corrected chi connectivity index (χ1v) is 27.5. The molecule has 0 atom stereocenters. The highest BCUT2D eigenvalue weighted by Gasteiger charge is 2.50. The Labute approximate surface area is 420 Å². The highest BCUT2D eigenvalue weighted by molar-refractivity contribution is 5.87. The fraction of sp³-hybridized carbons (Fsp3) is 0.873. The Bertz CT molecular complexity index is 1730. The Morgan fingerprint density at radius 3 is 1.00 bits per heavy atom. The molecule has 390 valence electrons. The van der Waals surface area contributed by atoms with Gasteiger partial charge >= 0.3 is 0 Å².